The molecule has 106 valence electrons. The van der Waals surface area contributed by atoms with E-state index in [-0.39, 0.29) is 11.9 Å². The van der Waals surface area contributed by atoms with Gasteiger partial charge in [0.05, 0.1) is 6.04 Å². The summed E-state index contributed by atoms with van der Waals surface area (Å²) in [5, 5.41) is 6.25. The molecular formula is C14H29N3O. The molecule has 1 aliphatic heterocycles. The molecule has 1 saturated heterocycles. The van der Waals surface area contributed by atoms with E-state index in [0.717, 1.165) is 19.5 Å². The highest BCUT2D eigenvalue weighted by Gasteiger charge is 2.18. The van der Waals surface area contributed by atoms with Crippen LogP contribution in [0.5, 0.6) is 0 Å². The Balaban J connectivity index is 2.19. The quantitative estimate of drug-likeness (QED) is 0.722. The molecule has 0 radical (unpaired) electrons. The summed E-state index contributed by atoms with van der Waals surface area (Å²) in [7, 11) is 0. The van der Waals surface area contributed by atoms with Gasteiger partial charge in [0, 0.05) is 19.1 Å². The van der Waals surface area contributed by atoms with Crippen LogP contribution in [0.3, 0.4) is 0 Å². The molecule has 0 saturated carbocycles. The number of amides is 1. The molecule has 0 aliphatic carbocycles. The molecule has 1 fully saturated rings. The second-order valence-electron chi connectivity index (χ2n) is 5.37. The standard InChI is InChI=1S/C14H29N3O/c1-4-8-15-14(18)13(3)16-11-12(2)17-9-6-5-7-10-17/h12-13,16H,4-11H2,1-3H3,(H,15,18). The van der Waals surface area contributed by atoms with Crippen molar-refractivity contribution in [2.45, 2.75) is 58.5 Å². The Bertz CT molecular complexity index is 239. The maximum atomic E-state index is 11.7. The summed E-state index contributed by atoms with van der Waals surface area (Å²) < 4.78 is 0. The van der Waals surface area contributed by atoms with E-state index in [2.05, 4.69) is 29.4 Å². The highest BCUT2D eigenvalue weighted by Crippen LogP contribution is 2.11. The third-order valence-electron chi connectivity index (χ3n) is 3.68. The maximum Gasteiger partial charge on any atom is 0.236 e. The van der Waals surface area contributed by atoms with Crippen molar-refractivity contribution in [3.8, 4) is 0 Å². The van der Waals surface area contributed by atoms with Crippen LogP contribution in [0.25, 0.3) is 0 Å². The molecule has 18 heavy (non-hydrogen) atoms. The van der Waals surface area contributed by atoms with Crippen molar-refractivity contribution in [1.82, 2.24) is 15.5 Å². The van der Waals surface area contributed by atoms with E-state index in [9.17, 15) is 4.79 Å². The topological polar surface area (TPSA) is 44.4 Å². The van der Waals surface area contributed by atoms with Crippen molar-refractivity contribution < 1.29 is 4.79 Å². The summed E-state index contributed by atoms with van der Waals surface area (Å²) in [5.74, 6) is 0.114. The van der Waals surface area contributed by atoms with Crippen molar-refractivity contribution in [3.63, 3.8) is 0 Å². The normalized spacial score (nSPS) is 20.4. The highest BCUT2D eigenvalue weighted by atomic mass is 16.2. The molecule has 0 aromatic heterocycles. The second-order valence-corrected chi connectivity index (χ2v) is 5.37. The Morgan fingerprint density at radius 2 is 1.89 bits per heavy atom. The van der Waals surface area contributed by atoms with E-state index in [0.29, 0.717) is 6.04 Å². The first-order valence-corrected chi connectivity index (χ1v) is 7.40. The number of likely N-dealkylation sites (tertiary alicyclic amines) is 1. The molecule has 0 aromatic rings. The number of rotatable bonds is 7. The largest absolute Gasteiger partial charge is 0.355 e. The van der Waals surface area contributed by atoms with Crippen LogP contribution in [0.15, 0.2) is 0 Å². The van der Waals surface area contributed by atoms with Crippen molar-refractivity contribution >= 4 is 5.91 Å². The van der Waals surface area contributed by atoms with Gasteiger partial charge in [0.15, 0.2) is 0 Å². The molecule has 0 aromatic carbocycles. The number of carbonyl (C=O) groups excluding carboxylic acids is 1. The smallest absolute Gasteiger partial charge is 0.236 e. The lowest BCUT2D eigenvalue weighted by atomic mass is 10.1. The van der Waals surface area contributed by atoms with Crippen LogP contribution in [-0.4, -0.2) is 49.1 Å². The van der Waals surface area contributed by atoms with E-state index in [1.165, 1.54) is 32.4 Å². The first-order chi connectivity index (χ1) is 8.65. The Morgan fingerprint density at radius 3 is 2.50 bits per heavy atom. The third-order valence-corrected chi connectivity index (χ3v) is 3.68. The molecule has 2 unspecified atom stereocenters. The van der Waals surface area contributed by atoms with Crippen LogP contribution in [0.4, 0.5) is 0 Å². The van der Waals surface area contributed by atoms with Crippen molar-refractivity contribution in [3.05, 3.63) is 0 Å². The lowest BCUT2D eigenvalue weighted by Gasteiger charge is -2.33. The number of hydrogen-bond donors (Lipinski definition) is 2. The predicted octanol–water partition coefficient (Wildman–Crippen LogP) is 1.37. The van der Waals surface area contributed by atoms with E-state index in [1.807, 2.05) is 6.92 Å². The van der Waals surface area contributed by atoms with Gasteiger partial charge in [0.25, 0.3) is 0 Å². The average Bonchev–Trinajstić information content (AvgIpc) is 2.42. The van der Waals surface area contributed by atoms with Gasteiger partial charge in [-0.3, -0.25) is 9.69 Å². The fourth-order valence-electron chi connectivity index (χ4n) is 2.33. The zero-order valence-electron chi connectivity index (χ0n) is 12.2. The number of nitrogens with zero attached hydrogens (tertiary/aromatic N) is 1. The minimum absolute atomic E-state index is 0.0937. The van der Waals surface area contributed by atoms with E-state index in [4.69, 9.17) is 0 Å². The van der Waals surface area contributed by atoms with Crippen molar-refractivity contribution in [1.29, 1.82) is 0 Å². The van der Waals surface area contributed by atoms with E-state index in [1.54, 1.807) is 0 Å². The fraction of sp³-hybridized carbons (Fsp3) is 0.929. The lowest BCUT2D eigenvalue weighted by molar-refractivity contribution is -0.122. The molecule has 1 rings (SSSR count). The molecular weight excluding hydrogens is 226 g/mol. The third kappa shape index (κ3) is 5.36. The maximum absolute atomic E-state index is 11.7. The van der Waals surface area contributed by atoms with Crippen LogP contribution in [-0.2, 0) is 4.79 Å². The molecule has 2 N–H and O–H groups in total. The van der Waals surface area contributed by atoms with Crippen molar-refractivity contribution in [2.75, 3.05) is 26.2 Å². The minimum atomic E-state index is -0.0937. The van der Waals surface area contributed by atoms with Gasteiger partial charge < -0.3 is 10.6 Å². The summed E-state index contributed by atoms with van der Waals surface area (Å²) in [4.78, 5) is 14.2. The second kappa shape index (κ2) is 8.48. The van der Waals surface area contributed by atoms with E-state index >= 15 is 0 Å². The minimum Gasteiger partial charge on any atom is -0.355 e. The van der Waals surface area contributed by atoms with Gasteiger partial charge in [-0.25, -0.2) is 0 Å². The Kier molecular flexibility index (Phi) is 7.28. The number of carbonyl (C=O) groups is 1. The number of piperidine rings is 1. The van der Waals surface area contributed by atoms with Crippen LogP contribution in [0, 0.1) is 0 Å². The predicted molar refractivity (Wildman–Crippen MR) is 75.7 cm³/mol. The lowest BCUT2D eigenvalue weighted by Crippen LogP contribution is -2.49. The molecule has 4 nitrogen and oxygen atoms in total. The van der Waals surface area contributed by atoms with Crippen LogP contribution < -0.4 is 10.6 Å². The Labute approximate surface area is 111 Å². The van der Waals surface area contributed by atoms with Gasteiger partial charge in [-0.15, -0.1) is 0 Å². The summed E-state index contributed by atoms with van der Waals surface area (Å²) >= 11 is 0. The van der Waals surface area contributed by atoms with Gasteiger partial charge >= 0.3 is 0 Å². The first-order valence-electron chi connectivity index (χ1n) is 7.40. The summed E-state index contributed by atoms with van der Waals surface area (Å²) in [6.07, 6.45) is 4.99. The van der Waals surface area contributed by atoms with Gasteiger partial charge in [-0.05, 0) is 46.2 Å². The molecule has 4 heteroatoms. The van der Waals surface area contributed by atoms with Gasteiger partial charge in [0.1, 0.15) is 0 Å². The molecule has 0 bridgehead atoms. The van der Waals surface area contributed by atoms with Crippen molar-refractivity contribution in [2.24, 2.45) is 0 Å². The van der Waals surface area contributed by atoms with Gasteiger partial charge in [-0.2, -0.15) is 0 Å². The average molecular weight is 255 g/mol. The molecule has 0 spiro atoms. The Hall–Kier alpha value is -0.610. The first kappa shape index (κ1) is 15.4. The Morgan fingerprint density at radius 1 is 1.22 bits per heavy atom. The SMILES string of the molecule is CCCNC(=O)C(C)NCC(C)N1CCCCC1. The van der Waals surface area contributed by atoms with Crippen LogP contribution in [0.2, 0.25) is 0 Å². The molecule has 1 aliphatic rings. The fourth-order valence-corrected chi connectivity index (χ4v) is 2.33. The zero-order valence-corrected chi connectivity index (χ0v) is 12.2. The molecule has 1 heterocycles. The zero-order chi connectivity index (χ0) is 13.4. The summed E-state index contributed by atoms with van der Waals surface area (Å²) in [5.41, 5.74) is 0. The van der Waals surface area contributed by atoms with Gasteiger partial charge in [0.2, 0.25) is 5.91 Å². The number of hydrogen-bond acceptors (Lipinski definition) is 3. The van der Waals surface area contributed by atoms with E-state index < -0.39 is 0 Å². The van der Waals surface area contributed by atoms with Crippen LogP contribution in [0.1, 0.15) is 46.5 Å². The monoisotopic (exact) mass is 255 g/mol. The molecule has 1 amide bonds. The van der Waals surface area contributed by atoms with Crippen LogP contribution >= 0.6 is 0 Å². The number of nitrogens with one attached hydrogen (secondary N) is 2. The summed E-state index contributed by atoms with van der Waals surface area (Å²) in [6.45, 7) is 10.3. The highest BCUT2D eigenvalue weighted by molar-refractivity contribution is 5.81. The summed E-state index contributed by atoms with van der Waals surface area (Å²) in [6, 6.07) is 0.426. The van der Waals surface area contributed by atoms with Gasteiger partial charge in [-0.1, -0.05) is 13.3 Å². The molecule has 2 atom stereocenters.